The van der Waals surface area contributed by atoms with Gasteiger partial charge in [0.15, 0.2) is 0 Å². The highest BCUT2D eigenvalue weighted by Gasteiger charge is 2.34. The SMILES string of the molecule is C[C@]1(c2ccccc2)CCCN(C(=O)c2cc[nH]c2)C1. The Balaban J connectivity index is 1.82. The summed E-state index contributed by atoms with van der Waals surface area (Å²) in [5.74, 6) is 0.133. The molecule has 1 aliphatic heterocycles. The number of carbonyl (C=O) groups excluding carboxylic acids is 1. The van der Waals surface area contributed by atoms with Crippen molar-refractivity contribution < 1.29 is 4.79 Å². The second-order valence-electron chi connectivity index (χ2n) is 5.86. The third kappa shape index (κ3) is 2.36. The first-order valence-corrected chi connectivity index (χ1v) is 7.17. The summed E-state index contributed by atoms with van der Waals surface area (Å²) in [5, 5.41) is 0. The van der Waals surface area contributed by atoms with Gasteiger partial charge >= 0.3 is 0 Å². The van der Waals surface area contributed by atoms with Gasteiger partial charge in [0.05, 0.1) is 5.56 Å². The lowest BCUT2D eigenvalue weighted by atomic mass is 9.76. The van der Waals surface area contributed by atoms with Crippen molar-refractivity contribution in [3.63, 3.8) is 0 Å². The molecular weight excluding hydrogens is 248 g/mol. The van der Waals surface area contributed by atoms with Crippen LogP contribution in [0.3, 0.4) is 0 Å². The van der Waals surface area contributed by atoms with E-state index in [2.05, 4.69) is 36.2 Å². The van der Waals surface area contributed by atoms with Gasteiger partial charge in [0, 0.05) is 30.9 Å². The number of aromatic amines is 1. The molecule has 1 atom stereocenters. The molecule has 0 spiro atoms. The van der Waals surface area contributed by atoms with Gasteiger partial charge in [0.2, 0.25) is 0 Å². The zero-order valence-corrected chi connectivity index (χ0v) is 11.8. The van der Waals surface area contributed by atoms with Crippen molar-refractivity contribution in [3.05, 3.63) is 59.9 Å². The van der Waals surface area contributed by atoms with Crippen LogP contribution in [0.4, 0.5) is 0 Å². The van der Waals surface area contributed by atoms with Crippen molar-refractivity contribution in [2.75, 3.05) is 13.1 Å². The lowest BCUT2D eigenvalue weighted by molar-refractivity contribution is 0.0651. The average Bonchev–Trinajstić information content (AvgIpc) is 3.02. The highest BCUT2D eigenvalue weighted by Crippen LogP contribution is 2.34. The fourth-order valence-electron chi connectivity index (χ4n) is 3.13. The monoisotopic (exact) mass is 268 g/mol. The molecule has 2 heterocycles. The number of rotatable bonds is 2. The third-order valence-electron chi connectivity index (χ3n) is 4.30. The van der Waals surface area contributed by atoms with Crippen LogP contribution in [0.5, 0.6) is 0 Å². The molecule has 0 bridgehead atoms. The topological polar surface area (TPSA) is 36.1 Å². The van der Waals surface area contributed by atoms with E-state index >= 15 is 0 Å². The smallest absolute Gasteiger partial charge is 0.255 e. The first kappa shape index (κ1) is 13.0. The molecule has 0 radical (unpaired) electrons. The van der Waals surface area contributed by atoms with Crippen molar-refractivity contribution >= 4 is 5.91 Å². The van der Waals surface area contributed by atoms with Crippen molar-refractivity contribution in [2.45, 2.75) is 25.2 Å². The molecule has 3 nitrogen and oxygen atoms in total. The summed E-state index contributed by atoms with van der Waals surface area (Å²) < 4.78 is 0. The summed E-state index contributed by atoms with van der Waals surface area (Å²) in [7, 11) is 0. The number of carbonyl (C=O) groups is 1. The van der Waals surface area contributed by atoms with Crippen molar-refractivity contribution in [1.29, 1.82) is 0 Å². The lowest BCUT2D eigenvalue weighted by Crippen LogP contribution is -2.47. The zero-order valence-electron chi connectivity index (χ0n) is 11.8. The Kier molecular flexibility index (Phi) is 3.35. The van der Waals surface area contributed by atoms with Crippen LogP contribution in [0.25, 0.3) is 0 Å². The number of hydrogen-bond donors (Lipinski definition) is 1. The number of aromatic nitrogens is 1. The minimum absolute atomic E-state index is 0.0610. The highest BCUT2D eigenvalue weighted by atomic mass is 16.2. The fraction of sp³-hybridized carbons (Fsp3) is 0.353. The van der Waals surface area contributed by atoms with Crippen LogP contribution < -0.4 is 0 Å². The van der Waals surface area contributed by atoms with E-state index in [0.29, 0.717) is 0 Å². The molecule has 104 valence electrons. The van der Waals surface area contributed by atoms with E-state index in [9.17, 15) is 4.79 Å². The molecule has 3 heteroatoms. The minimum Gasteiger partial charge on any atom is -0.367 e. The largest absolute Gasteiger partial charge is 0.367 e. The van der Waals surface area contributed by atoms with E-state index in [0.717, 1.165) is 31.5 Å². The lowest BCUT2D eigenvalue weighted by Gasteiger charge is -2.41. The molecule has 0 aliphatic carbocycles. The summed E-state index contributed by atoms with van der Waals surface area (Å²) in [5.41, 5.74) is 2.14. The Morgan fingerprint density at radius 1 is 1.25 bits per heavy atom. The van der Waals surface area contributed by atoms with Gasteiger partial charge in [0.25, 0.3) is 5.91 Å². The molecule has 1 aromatic carbocycles. The summed E-state index contributed by atoms with van der Waals surface area (Å²) in [6, 6.07) is 12.4. The Morgan fingerprint density at radius 3 is 2.75 bits per heavy atom. The average molecular weight is 268 g/mol. The number of nitrogens with zero attached hydrogens (tertiary/aromatic N) is 1. The van der Waals surface area contributed by atoms with Gasteiger partial charge in [-0.05, 0) is 24.5 Å². The Morgan fingerprint density at radius 2 is 2.05 bits per heavy atom. The van der Waals surface area contributed by atoms with Crippen LogP contribution in [-0.4, -0.2) is 28.9 Å². The van der Waals surface area contributed by atoms with Crippen LogP contribution in [0.1, 0.15) is 35.7 Å². The predicted octanol–water partition coefficient (Wildman–Crippen LogP) is 3.21. The number of likely N-dealkylation sites (tertiary alicyclic amines) is 1. The maximum atomic E-state index is 12.5. The van der Waals surface area contributed by atoms with Gasteiger partial charge < -0.3 is 9.88 Å². The number of hydrogen-bond acceptors (Lipinski definition) is 1. The third-order valence-corrected chi connectivity index (χ3v) is 4.30. The van der Waals surface area contributed by atoms with Gasteiger partial charge in [-0.3, -0.25) is 4.79 Å². The second kappa shape index (κ2) is 5.16. The number of H-pyrrole nitrogens is 1. The summed E-state index contributed by atoms with van der Waals surface area (Å²) in [6.07, 6.45) is 5.76. The van der Waals surface area contributed by atoms with Gasteiger partial charge in [0.1, 0.15) is 0 Å². The maximum Gasteiger partial charge on any atom is 0.255 e. The molecule has 0 saturated carbocycles. The number of piperidine rings is 1. The number of amides is 1. The molecular formula is C17H20N2O. The molecule has 2 aromatic rings. The van der Waals surface area contributed by atoms with Gasteiger partial charge in [-0.15, -0.1) is 0 Å². The molecule has 1 N–H and O–H groups in total. The van der Waals surface area contributed by atoms with Crippen molar-refractivity contribution in [2.24, 2.45) is 0 Å². The molecule has 1 aliphatic rings. The fourth-order valence-corrected chi connectivity index (χ4v) is 3.13. The molecule has 1 amide bonds. The Hall–Kier alpha value is -2.03. The molecule has 20 heavy (non-hydrogen) atoms. The summed E-state index contributed by atoms with van der Waals surface area (Å²) in [4.78, 5) is 17.4. The zero-order chi connectivity index (χ0) is 14.0. The van der Waals surface area contributed by atoms with E-state index in [-0.39, 0.29) is 11.3 Å². The first-order valence-electron chi connectivity index (χ1n) is 7.17. The van der Waals surface area contributed by atoms with Crippen LogP contribution in [0.2, 0.25) is 0 Å². The van der Waals surface area contributed by atoms with E-state index in [1.807, 2.05) is 17.0 Å². The second-order valence-corrected chi connectivity index (χ2v) is 5.86. The van der Waals surface area contributed by atoms with Crippen LogP contribution in [0.15, 0.2) is 48.8 Å². The van der Waals surface area contributed by atoms with Gasteiger partial charge in [-0.25, -0.2) is 0 Å². The minimum atomic E-state index is 0.0610. The van der Waals surface area contributed by atoms with Crippen LogP contribution in [-0.2, 0) is 5.41 Å². The molecule has 1 aromatic heterocycles. The Bertz CT molecular complexity index is 576. The van der Waals surface area contributed by atoms with E-state index in [4.69, 9.17) is 0 Å². The first-order chi connectivity index (χ1) is 9.69. The predicted molar refractivity (Wildman–Crippen MR) is 79.7 cm³/mol. The van der Waals surface area contributed by atoms with E-state index < -0.39 is 0 Å². The molecule has 1 fully saturated rings. The van der Waals surface area contributed by atoms with Crippen molar-refractivity contribution in [3.8, 4) is 0 Å². The van der Waals surface area contributed by atoms with Crippen LogP contribution in [0, 0.1) is 0 Å². The summed E-state index contributed by atoms with van der Waals surface area (Å²) in [6.45, 7) is 3.91. The molecule has 1 saturated heterocycles. The van der Waals surface area contributed by atoms with Gasteiger partial charge in [-0.1, -0.05) is 37.3 Å². The molecule has 0 unspecified atom stereocenters. The summed E-state index contributed by atoms with van der Waals surface area (Å²) >= 11 is 0. The van der Waals surface area contributed by atoms with E-state index in [1.165, 1.54) is 5.56 Å². The highest BCUT2D eigenvalue weighted by molar-refractivity contribution is 5.94. The normalized spacial score (nSPS) is 22.8. The maximum absolute atomic E-state index is 12.5. The van der Waals surface area contributed by atoms with Gasteiger partial charge in [-0.2, -0.15) is 0 Å². The number of nitrogens with one attached hydrogen (secondary N) is 1. The van der Waals surface area contributed by atoms with Crippen LogP contribution >= 0.6 is 0 Å². The van der Waals surface area contributed by atoms with Crippen molar-refractivity contribution in [1.82, 2.24) is 9.88 Å². The Labute approximate surface area is 119 Å². The number of benzene rings is 1. The quantitative estimate of drug-likeness (QED) is 0.892. The van der Waals surface area contributed by atoms with E-state index in [1.54, 1.807) is 12.4 Å². The standard InChI is InChI=1S/C17H20N2O/c1-17(15-6-3-2-4-7-15)9-5-11-19(13-17)16(20)14-8-10-18-12-14/h2-4,6-8,10,12,18H,5,9,11,13H2,1H3/t17-/m0/s1. The molecule has 3 rings (SSSR count).